The van der Waals surface area contributed by atoms with E-state index in [-0.39, 0.29) is 5.75 Å². The average Bonchev–Trinajstić information content (AvgIpc) is 2.66. The van der Waals surface area contributed by atoms with Gasteiger partial charge in [-0.05, 0) is 42.7 Å². The number of phenolic OH excluding ortho intramolecular Hbond substituents is 1. The zero-order valence-corrected chi connectivity index (χ0v) is 17.9. The molecule has 0 aliphatic heterocycles. The van der Waals surface area contributed by atoms with Crippen molar-refractivity contribution in [2.24, 2.45) is 11.8 Å². The van der Waals surface area contributed by atoms with Gasteiger partial charge >= 0.3 is 0 Å². The molecule has 0 spiro atoms. The van der Waals surface area contributed by atoms with Crippen LogP contribution in [0.1, 0.15) is 96.6 Å². The molecular weight excluding hydrogens is 320 g/mol. The lowest BCUT2D eigenvalue weighted by Crippen LogP contribution is -2.09. The van der Waals surface area contributed by atoms with Crippen molar-refractivity contribution in [1.29, 1.82) is 0 Å². The highest BCUT2D eigenvalue weighted by Gasteiger charge is 2.18. The Balaban J connectivity index is 2.95. The molecule has 0 bridgehead atoms. The normalized spacial score (nSPS) is 13.6. The Kier molecular flexibility index (Phi) is 11.5. The van der Waals surface area contributed by atoms with Crippen LogP contribution in [0.15, 0.2) is 12.1 Å². The van der Waals surface area contributed by atoms with Gasteiger partial charge in [0, 0.05) is 5.56 Å². The second-order valence-corrected chi connectivity index (χ2v) is 7.83. The van der Waals surface area contributed by atoms with Crippen LogP contribution in [-0.2, 0) is 12.8 Å². The van der Waals surface area contributed by atoms with E-state index in [2.05, 4.69) is 33.8 Å². The fraction of sp³-hybridized carbons (Fsp3) is 0.750. The number of aromatic hydroxyl groups is 1. The van der Waals surface area contributed by atoms with Gasteiger partial charge in [0.2, 0.25) is 0 Å². The van der Waals surface area contributed by atoms with E-state index < -0.39 is 0 Å². The van der Waals surface area contributed by atoms with Gasteiger partial charge in [-0.3, -0.25) is 0 Å². The van der Waals surface area contributed by atoms with Crippen LogP contribution >= 0.6 is 0 Å². The van der Waals surface area contributed by atoms with Gasteiger partial charge in [-0.1, -0.05) is 85.1 Å². The van der Waals surface area contributed by atoms with Gasteiger partial charge in [0.05, 0.1) is 7.11 Å². The minimum Gasteiger partial charge on any atom is -0.504 e. The summed E-state index contributed by atoms with van der Waals surface area (Å²) in [5.41, 5.74) is 2.63. The Hall–Kier alpha value is -1.18. The lowest BCUT2D eigenvalue weighted by molar-refractivity contribution is 0.360. The molecule has 150 valence electrons. The SMILES string of the molecule is CCCCC(CC)CCc1ccc(O)c(OC)c1CC(CC)CCCC. The van der Waals surface area contributed by atoms with Gasteiger partial charge in [-0.2, -0.15) is 0 Å². The van der Waals surface area contributed by atoms with Crippen molar-refractivity contribution in [3.8, 4) is 11.5 Å². The Morgan fingerprint density at radius 1 is 0.885 bits per heavy atom. The molecule has 1 aromatic carbocycles. The summed E-state index contributed by atoms with van der Waals surface area (Å²) in [4.78, 5) is 0. The second kappa shape index (κ2) is 13.1. The number of ether oxygens (including phenoxy) is 1. The van der Waals surface area contributed by atoms with E-state index in [9.17, 15) is 5.11 Å². The number of methoxy groups -OCH3 is 1. The molecular formula is C24H42O2. The summed E-state index contributed by atoms with van der Waals surface area (Å²) < 4.78 is 5.61. The summed E-state index contributed by atoms with van der Waals surface area (Å²) in [5.74, 6) is 2.48. The predicted octanol–water partition coefficient (Wildman–Crippen LogP) is 7.31. The van der Waals surface area contributed by atoms with Crippen molar-refractivity contribution >= 4 is 0 Å². The molecule has 1 aromatic rings. The Morgan fingerprint density at radius 2 is 1.50 bits per heavy atom. The summed E-state index contributed by atoms with van der Waals surface area (Å²) in [5, 5.41) is 10.3. The minimum atomic E-state index is 0.287. The van der Waals surface area contributed by atoms with Crippen molar-refractivity contribution in [1.82, 2.24) is 0 Å². The minimum absolute atomic E-state index is 0.287. The summed E-state index contributed by atoms with van der Waals surface area (Å²) in [6, 6.07) is 3.95. The molecule has 1 N–H and O–H groups in total. The first kappa shape index (κ1) is 22.9. The molecule has 0 radical (unpaired) electrons. The topological polar surface area (TPSA) is 29.5 Å². The number of unbranched alkanes of at least 4 members (excludes halogenated alkanes) is 2. The maximum atomic E-state index is 10.3. The number of hydrogen-bond acceptors (Lipinski definition) is 2. The summed E-state index contributed by atoms with van der Waals surface area (Å²) in [7, 11) is 1.69. The zero-order chi connectivity index (χ0) is 19.4. The van der Waals surface area contributed by atoms with Gasteiger partial charge in [0.25, 0.3) is 0 Å². The van der Waals surface area contributed by atoms with Gasteiger partial charge < -0.3 is 9.84 Å². The van der Waals surface area contributed by atoms with Crippen molar-refractivity contribution in [3.05, 3.63) is 23.3 Å². The third-order valence-electron chi connectivity index (χ3n) is 5.94. The van der Waals surface area contributed by atoms with Crippen LogP contribution in [0.25, 0.3) is 0 Å². The molecule has 2 heteroatoms. The molecule has 0 aromatic heterocycles. The number of phenols is 1. The summed E-state index contributed by atoms with van der Waals surface area (Å²) in [6.45, 7) is 9.13. The molecule has 0 aliphatic carbocycles. The Bertz CT molecular complexity index is 495. The Labute approximate surface area is 162 Å². The van der Waals surface area contributed by atoms with E-state index in [0.717, 1.165) is 18.8 Å². The zero-order valence-electron chi connectivity index (χ0n) is 17.9. The first-order valence-electron chi connectivity index (χ1n) is 11.0. The van der Waals surface area contributed by atoms with E-state index in [1.54, 1.807) is 7.11 Å². The molecule has 0 saturated carbocycles. The second-order valence-electron chi connectivity index (χ2n) is 7.83. The van der Waals surface area contributed by atoms with Crippen molar-refractivity contribution in [3.63, 3.8) is 0 Å². The molecule has 2 atom stereocenters. The highest BCUT2D eigenvalue weighted by molar-refractivity contribution is 5.50. The quantitative estimate of drug-likeness (QED) is 0.376. The predicted molar refractivity (Wildman–Crippen MR) is 113 cm³/mol. The number of benzene rings is 1. The molecule has 2 nitrogen and oxygen atoms in total. The van der Waals surface area contributed by atoms with E-state index in [0.29, 0.717) is 11.7 Å². The molecule has 0 amide bonds. The highest BCUT2D eigenvalue weighted by Crippen LogP contribution is 2.36. The van der Waals surface area contributed by atoms with E-state index in [4.69, 9.17) is 4.74 Å². The fourth-order valence-corrected chi connectivity index (χ4v) is 3.98. The average molecular weight is 363 g/mol. The maximum Gasteiger partial charge on any atom is 0.163 e. The first-order valence-corrected chi connectivity index (χ1v) is 11.0. The smallest absolute Gasteiger partial charge is 0.163 e. The molecule has 0 aliphatic rings. The van der Waals surface area contributed by atoms with E-state index >= 15 is 0 Å². The van der Waals surface area contributed by atoms with Crippen molar-refractivity contribution in [2.75, 3.05) is 7.11 Å². The van der Waals surface area contributed by atoms with Gasteiger partial charge in [0.1, 0.15) is 0 Å². The molecule has 26 heavy (non-hydrogen) atoms. The van der Waals surface area contributed by atoms with Crippen LogP contribution in [0.2, 0.25) is 0 Å². The molecule has 0 heterocycles. The van der Waals surface area contributed by atoms with Crippen LogP contribution in [-0.4, -0.2) is 12.2 Å². The van der Waals surface area contributed by atoms with Crippen LogP contribution in [0.4, 0.5) is 0 Å². The van der Waals surface area contributed by atoms with Crippen LogP contribution in [0.5, 0.6) is 11.5 Å². The fourth-order valence-electron chi connectivity index (χ4n) is 3.98. The molecule has 2 unspecified atom stereocenters. The van der Waals surface area contributed by atoms with Crippen LogP contribution < -0.4 is 4.74 Å². The van der Waals surface area contributed by atoms with E-state index in [1.807, 2.05) is 6.07 Å². The maximum absolute atomic E-state index is 10.3. The van der Waals surface area contributed by atoms with Crippen molar-refractivity contribution < 1.29 is 9.84 Å². The third kappa shape index (κ3) is 7.21. The molecule has 0 fully saturated rings. The van der Waals surface area contributed by atoms with Crippen LogP contribution in [0.3, 0.4) is 0 Å². The standard InChI is InChI=1S/C24H42O2/c1-6-10-12-19(8-3)14-15-21-16-17-23(25)24(26-5)22(21)18-20(9-4)13-11-7-2/h16-17,19-20,25H,6-15,18H2,1-5H3. The van der Waals surface area contributed by atoms with Gasteiger partial charge in [-0.25, -0.2) is 0 Å². The highest BCUT2D eigenvalue weighted by atomic mass is 16.5. The van der Waals surface area contributed by atoms with Crippen LogP contribution in [0, 0.1) is 11.8 Å². The van der Waals surface area contributed by atoms with E-state index in [1.165, 1.54) is 68.9 Å². The number of rotatable bonds is 14. The van der Waals surface area contributed by atoms with Gasteiger partial charge in [-0.15, -0.1) is 0 Å². The summed E-state index contributed by atoms with van der Waals surface area (Å²) >= 11 is 0. The Morgan fingerprint density at radius 3 is 2.04 bits per heavy atom. The lowest BCUT2D eigenvalue weighted by Gasteiger charge is -2.21. The number of aryl methyl sites for hydroxylation is 1. The van der Waals surface area contributed by atoms with Gasteiger partial charge in [0.15, 0.2) is 11.5 Å². The first-order chi connectivity index (χ1) is 12.6. The van der Waals surface area contributed by atoms with Crippen molar-refractivity contribution in [2.45, 2.75) is 98.3 Å². The lowest BCUT2D eigenvalue weighted by atomic mass is 9.86. The largest absolute Gasteiger partial charge is 0.504 e. The molecule has 0 saturated heterocycles. The summed E-state index contributed by atoms with van der Waals surface area (Å²) in [6.07, 6.45) is 13.6. The monoisotopic (exact) mass is 362 g/mol. The number of hydrogen-bond donors (Lipinski definition) is 1. The molecule has 1 rings (SSSR count). The third-order valence-corrected chi connectivity index (χ3v) is 5.94.